The van der Waals surface area contributed by atoms with Gasteiger partial charge in [-0.15, -0.1) is 11.8 Å². The molecule has 0 N–H and O–H groups in total. The Morgan fingerprint density at radius 1 is 0.610 bits per heavy atom. The minimum absolute atomic E-state index is 0.0102. The van der Waals surface area contributed by atoms with Crippen LogP contribution in [0, 0.1) is 25.5 Å². The van der Waals surface area contributed by atoms with E-state index in [0.717, 1.165) is 59.4 Å². The third kappa shape index (κ3) is 14.7. The van der Waals surface area contributed by atoms with Gasteiger partial charge < -0.3 is 8.83 Å². The number of ketones is 2. The quantitative estimate of drug-likeness (QED) is 0.0749. The van der Waals surface area contributed by atoms with Crippen molar-refractivity contribution in [2.75, 3.05) is 11.5 Å². The highest BCUT2D eigenvalue weighted by atomic mass is 32.2. The van der Waals surface area contributed by atoms with Crippen LogP contribution in [-0.2, 0) is 57.6 Å². The number of Topliss-reactive ketones (excluding diaryl/α,β-unsaturated/α-hetero) is 2. The van der Waals surface area contributed by atoms with Crippen LogP contribution in [0.15, 0.2) is 106 Å². The molecule has 2 heterocycles. The predicted molar refractivity (Wildman–Crippen MR) is 234 cm³/mol. The molecule has 0 bridgehead atoms. The zero-order valence-corrected chi connectivity index (χ0v) is 35.9. The number of hydrogen-bond donors (Lipinski definition) is 0. The number of hydrogen-bond acceptors (Lipinski definition) is 8. The molecule has 6 aromatic rings. The minimum Gasteiger partial charge on any atom is -0.441 e. The Hall–Kier alpha value is -5.00. The van der Waals surface area contributed by atoms with Gasteiger partial charge in [0.2, 0.25) is 11.8 Å². The van der Waals surface area contributed by atoms with Gasteiger partial charge in [0.05, 0.1) is 28.6 Å². The summed E-state index contributed by atoms with van der Waals surface area (Å²) in [6, 6.07) is 29.0. The summed E-state index contributed by atoms with van der Waals surface area (Å²) in [5.74, 6) is 3.60. The average Bonchev–Trinajstić information content (AvgIpc) is 3.80. The number of aromatic nitrogens is 2. The molecule has 59 heavy (non-hydrogen) atoms. The number of rotatable bonds is 20. The molecule has 0 aliphatic carbocycles. The number of carbonyl (C=O) groups excluding carboxylic acids is 2. The molecule has 310 valence electrons. The Bertz CT molecular complexity index is 2270. The fourth-order valence-corrected chi connectivity index (χ4v) is 8.32. The van der Waals surface area contributed by atoms with Gasteiger partial charge in [-0.2, -0.15) is 0 Å². The van der Waals surface area contributed by atoms with E-state index in [1.54, 1.807) is 43.0 Å². The maximum absolute atomic E-state index is 12.9. The number of halogens is 2. The van der Waals surface area contributed by atoms with Crippen molar-refractivity contribution >= 4 is 34.1 Å². The van der Waals surface area contributed by atoms with Crippen LogP contribution in [0.3, 0.4) is 0 Å². The molecule has 1 unspecified atom stereocenters. The third-order valence-corrected chi connectivity index (χ3v) is 12.0. The second-order valence-electron chi connectivity index (χ2n) is 14.4. The lowest BCUT2D eigenvalue weighted by molar-refractivity contribution is -0.117. The number of nitrogens with zero attached hydrogens (tertiary/aromatic N) is 2. The van der Waals surface area contributed by atoms with Crippen molar-refractivity contribution in [3.8, 4) is 22.9 Å². The molecule has 0 radical (unpaired) electrons. The van der Waals surface area contributed by atoms with Crippen molar-refractivity contribution < 1.29 is 31.4 Å². The summed E-state index contributed by atoms with van der Waals surface area (Å²) in [6.45, 7) is 7.94. The first-order chi connectivity index (χ1) is 28.5. The molecule has 7 nitrogen and oxygen atoms in total. The summed E-state index contributed by atoms with van der Waals surface area (Å²) in [5, 5.41) is 0. The molecule has 0 aliphatic rings. The first-order valence-corrected chi connectivity index (χ1v) is 22.7. The van der Waals surface area contributed by atoms with E-state index < -0.39 is 10.8 Å². The summed E-state index contributed by atoms with van der Waals surface area (Å²) in [5.41, 5.74) is 7.94. The lowest BCUT2D eigenvalue weighted by Crippen LogP contribution is -2.12. The van der Waals surface area contributed by atoms with Gasteiger partial charge >= 0.3 is 0 Å². The number of carbonyl (C=O) groups is 2. The number of benzene rings is 4. The van der Waals surface area contributed by atoms with Gasteiger partial charge in [-0.3, -0.25) is 13.8 Å². The van der Waals surface area contributed by atoms with Crippen LogP contribution in [0.25, 0.3) is 22.9 Å². The molecule has 0 spiro atoms. The highest BCUT2D eigenvalue weighted by molar-refractivity contribution is 7.99. The van der Waals surface area contributed by atoms with Gasteiger partial charge in [0, 0.05) is 40.5 Å². The summed E-state index contributed by atoms with van der Waals surface area (Å²) < 4.78 is 49.8. The lowest BCUT2D eigenvalue weighted by atomic mass is 10.1. The zero-order chi connectivity index (χ0) is 42.1. The molecule has 1 atom stereocenters. The normalized spacial score (nSPS) is 11.6. The highest BCUT2D eigenvalue weighted by Gasteiger charge is 2.17. The molecule has 0 saturated heterocycles. The van der Waals surface area contributed by atoms with Gasteiger partial charge in [0.25, 0.3) is 0 Å². The molecule has 0 amide bonds. The van der Waals surface area contributed by atoms with Gasteiger partial charge in [-0.1, -0.05) is 62.4 Å². The van der Waals surface area contributed by atoms with E-state index in [-0.39, 0.29) is 34.7 Å². The number of oxazole rings is 2. The van der Waals surface area contributed by atoms with Crippen LogP contribution < -0.4 is 0 Å². The van der Waals surface area contributed by atoms with Crippen LogP contribution in [0.2, 0.25) is 0 Å². The molecule has 0 saturated carbocycles. The van der Waals surface area contributed by atoms with Crippen molar-refractivity contribution in [2.24, 2.45) is 0 Å². The molecule has 0 fully saturated rings. The van der Waals surface area contributed by atoms with E-state index in [1.165, 1.54) is 35.4 Å². The van der Waals surface area contributed by atoms with Crippen LogP contribution in [-0.4, -0.2) is 37.2 Å². The van der Waals surface area contributed by atoms with E-state index in [0.29, 0.717) is 60.4 Å². The topological polar surface area (TPSA) is 103 Å². The molecule has 0 aliphatic heterocycles. The van der Waals surface area contributed by atoms with Crippen LogP contribution in [0.5, 0.6) is 0 Å². The van der Waals surface area contributed by atoms with Gasteiger partial charge in [-0.05, 0) is 123 Å². The summed E-state index contributed by atoms with van der Waals surface area (Å²) in [6.07, 6.45) is 5.79. The molecule has 6 rings (SSSR count). The molecule has 2 aromatic heterocycles. The van der Waals surface area contributed by atoms with Crippen LogP contribution in [0.1, 0.15) is 84.7 Å². The average molecular weight is 839 g/mol. The minimum atomic E-state index is -1.33. The molecule has 4 aromatic carbocycles. The van der Waals surface area contributed by atoms with E-state index in [1.807, 2.05) is 43.3 Å². The van der Waals surface area contributed by atoms with Crippen LogP contribution >= 0.6 is 11.8 Å². The summed E-state index contributed by atoms with van der Waals surface area (Å²) >= 11 is 1.57. The molecular weight excluding hydrogens is 787 g/mol. The smallest absolute Gasteiger partial charge is 0.226 e. The maximum atomic E-state index is 12.9. The Labute approximate surface area is 352 Å². The van der Waals surface area contributed by atoms with Gasteiger partial charge in [-0.25, -0.2) is 18.7 Å². The van der Waals surface area contributed by atoms with Crippen molar-refractivity contribution in [3.05, 3.63) is 154 Å². The fraction of sp³-hybridized carbons (Fsp3) is 0.333. The highest BCUT2D eigenvalue weighted by Crippen LogP contribution is 2.26. The first kappa shape index (κ1) is 45.1. The van der Waals surface area contributed by atoms with Gasteiger partial charge in [0.1, 0.15) is 34.7 Å². The summed E-state index contributed by atoms with van der Waals surface area (Å²) in [4.78, 5) is 33.4. The van der Waals surface area contributed by atoms with Crippen molar-refractivity contribution in [2.45, 2.75) is 90.6 Å². The number of thioether (sulfide) groups is 1. The molecule has 11 heteroatoms. The standard InChI is InChI=1S/C24H26FNO3S.C24H26FNO2S/c1-3-18-7-11-20(12-8-18)24-26-23(17(2)29-24)16-30(28)15-22(27)6-4-5-19-9-13-21(25)14-10-19;1-3-18-7-11-20(12-8-18)24-26-23(17(2)28-24)16-29-15-22(27)6-4-5-19-9-13-21(25)14-10-19/h7-14H,3-6,15-16H2,1-2H3;7-14H,3-6,15-16H2,1-2H3. The fourth-order valence-electron chi connectivity index (χ4n) is 6.21. The van der Waals surface area contributed by atoms with E-state index >= 15 is 0 Å². The summed E-state index contributed by atoms with van der Waals surface area (Å²) in [7, 11) is -1.33. The maximum Gasteiger partial charge on any atom is 0.226 e. The Kier molecular flexibility index (Phi) is 17.5. The SMILES string of the molecule is CCc1ccc(-c2nc(CS(=O)CC(=O)CCCc3ccc(F)cc3)c(C)o2)cc1.CCc1ccc(-c2nc(CSCC(=O)CCCc3ccc(F)cc3)c(C)o2)cc1. The van der Waals surface area contributed by atoms with E-state index in [2.05, 4.69) is 35.9 Å². The van der Waals surface area contributed by atoms with E-state index in [9.17, 15) is 22.6 Å². The monoisotopic (exact) mass is 838 g/mol. The largest absolute Gasteiger partial charge is 0.441 e. The van der Waals surface area contributed by atoms with Crippen molar-refractivity contribution in [1.82, 2.24) is 9.97 Å². The van der Waals surface area contributed by atoms with Crippen molar-refractivity contribution in [1.29, 1.82) is 0 Å². The Morgan fingerprint density at radius 2 is 1.03 bits per heavy atom. The van der Waals surface area contributed by atoms with Crippen molar-refractivity contribution in [3.63, 3.8) is 0 Å². The second-order valence-corrected chi connectivity index (χ2v) is 16.8. The van der Waals surface area contributed by atoms with Crippen LogP contribution in [0.4, 0.5) is 8.78 Å². The number of aryl methyl sites for hydroxylation is 6. The Balaban J connectivity index is 0.000000224. The van der Waals surface area contributed by atoms with E-state index in [4.69, 9.17) is 8.83 Å². The Morgan fingerprint density at radius 3 is 1.51 bits per heavy atom. The second kappa shape index (κ2) is 23.0. The zero-order valence-electron chi connectivity index (χ0n) is 34.2. The van der Waals surface area contributed by atoms with Gasteiger partial charge in [0.15, 0.2) is 0 Å². The lowest BCUT2D eigenvalue weighted by Gasteiger charge is -2.02. The third-order valence-electron chi connectivity index (χ3n) is 9.79. The predicted octanol–water partition coefficient (Wildman–Crippen LogP) is 11.4. The molecular formula is C48H52F2N2O5S2. The first-order valence-electron chi connectivity index (χ1n) is 20.1.